The third-order valence-corrected chi connectivity index (χ3v) is 6.91. The van der Waals surface area contributed by atoms with Gasteiger partial charge < -0.3 is 20.6 Å². The second-order valence-corrected chi connectivity index (χ2v) is 9.74. The van der Waals surface area contributed by atoms with Crippen molar-refractivity contribution < 1.29 is 9.59 Å². The van der Waals surface area contributed by atoms with E-state index in [4.69, 9.17) is 0 Å². The molecule has 0 aliphatic heterocycles. The van der Waals surface area contributed by atoms with Gasteiger partial charge in [-0.3, -0.25) is 9.59 Å². The van der Waals surface area contributed by atoms with Crippen molar-refractivity contribution in [3.05, 3.63) is 48.5 Å². The van der Waals surface area contributed by atoms with Crippen LogP contribution in [0.2, 0.25) is 0 Å². The number of imidazole rings is 2. The molecule has 0 atom stereocenters. The Balaban J connectivity index is 0.992. The van der Waals surface area contributed by atoms with Crippen molar-refractivity contribution in [1.29, 1.82) is 0 Å². The Bertz CT molecular complexity index is 1080. The van der Waals surface area contributed by atoms with Crippen molar-refractivity contribution in [1.82, 2.24) is 30.6 Å². The number of fused-ring (bicyclic) bond motifs is 2. The summed E-state index contributed by atoms with van der Waals surface area (Å²) >= 11 is 2.82. The van der Waals surface area contributed by atoms with Crippen LogP contribution in [0.5, 0.6) is 0 Å². The number of hydrogen-bond acceptors (Lipinski definition) is 6. The first-order valence-corrected chi connectivity index (χ1v) is 13.3. The van der Waals surface area contributed by atoms with E-state index in [-0.39, 0.29) is 11.8 Å². The molecular weight excluding hydrogens is 468 g/mol. The van der Waals surface area contributed by atoms with Crippen molar-refractivity contribution in [3.63, 3.8) is 0 Å². The number of aromatic amines is 2. The second kappa shape index (κ2) is 12.5. The summed E-state index contributed by atoms with van der Waals surface area (Å²) < 4.78 is 0. The Kier molecular flexibility index (Phi) is 8.86. The Morgan fingerprint density at radius 3 is 1.56 bits per heavy atom. The van der Waals surface area contributed by atoms with Crippen LogP contribution >= 0.6 is 23.5 Å². The molecule has 4 aromatic rings. The summed E-state index contributed by atoms with van der Waals surface area (Å²) in [6.07, 6.45) is 3.88. The average Bonchev–Trinajstić information content (AvgIpc) is 3.46. The highest BCUT2D eigenvalue weighted by Gasteiger charge is 2.08. The maximum absolute atomic E-state index is 12.0. The Morgan fingerprint density at radius 2 is 1.12 bits per heavy atom. The van der Waals surface area contributed by atoms with Gasteiger partial charge in [-0.25, -0.2) is 9.97 Å². The quantitative estimate of drug-likeness (QED) is 0.164. The average molecular weight is 497 g/mol. The predicted molar refractivity (Wildman–Crippen MR) is 138 cm³/mol. The van der Waals surface area contributed by atoms with Gasteiger partial charge in [0.2, 0.25) is 11.8 Å². The summed E-state index contributed by atoms with van der Waals surface area (Å²) in [5.74, 6) is 0.717. The summed E-state index contributed by atoms with van der Waals surface area (Å²) in [5.41, 5.74) is 3.77. The van der Waals surface area contributed by atoms with Gasteiger partial charge in [-0.1, -0.05) is 60.6 Å². The summed E-state index contributed by atoms with van der Waals surface area (Å²) in [6, 6.07) is 15.6. The lowest BCUT2D eigenvalue weighted by atomic mass is 10.2. The molecule has 2 aromatic heterocycles. The molecule has 0 fully saturated rings. The number of nitrogens with one attached hydrogen (secondary N) is 4. The molecule has 0 aliphatic rings. The Labute approximate surface area is 206 Å². The van der Waals surface area contributed by atoms with Gasteiger partial charge in [-0.15, -0.1) is 0 Å². The molecule has 2 heterocycles. The van der Waals surface area contributed by atoms with Crippen LogP contribution < -0.4 is 10.6 Å². The first-order valence-electron chi connectivity index (χ1n) is 11.4. The number of H-pyrrole nitrogens is 2. The number of hydrogen-bond donors (Lipinski definition) is 4. The minimum atomic E-state index is 0.0136. The van der Waals surface area contributed by atoms with Gasteiger partial charge in [-0.05, 0) is 37.1 Å². The third kappa shape index (κ3) is 7.26. The second-order valence-electron chi connectivity index (χ2n) is 7.81. The number of benzene rings is 2. The molecule has 4 rings (SSSR count). The van der Waals surface area contributed by atoms with Gasteiger partial charge in [0.15, 0.2) is 10.3 Å². The first kappa shape index (κ1) is 24.2. The zero-order valence-electron chi connectivity index (χ0n) is 18.8. The number of aromatic nitrogens is 4. The highest BCUT2D eigenvalue weighted by molar-refractivity contribution is 8.00. The van der Waals surface area contributed by atoms with E-state index in [0.29, 0.717) is 24.6 Å². The molecule has 10 heteroatoms. The van der Waals surface area contributed by atoms with E-state index in [2.05, 4.69) is 30.6 Å². The van der Waals surface area contributed by atoms with Crippen molar-refractivity contribution in [2.45, 2.75) is 36.0 Å². The molecule has 2 amide bonds. The van der Waals surface area contributed by atoms with E-state index in [1.165, 1.54) is 23.5 Å². The zero-order valence-corrected chi connectivity index (χ0v) is 20.4. The Hall–Kier alpha value is -2.98. The van der Waals surface area contributed by atoms with Crippen molar-refractivity contribution in [2.24, 2.45) is 0 Å². The van der Waals surface area contributed by atoms with Crippen LogP contribution in [0, 0.1) is 0 Å². The molecule has 4 N–H and O–H groups in total. The van der Waals surface area contributed by atoms with Crippen LogP contribution in [-0.4, -0.2) is 56.3 Å². The Morgan fingerprint density at radius 1 is 0.676 bits per heavy atom. The van der Waals surface area contributed by atoms with Crippen LogP contribution in [0.3, 0.4) is 0 Å². The van der Waals surface area contributed by atoms with E-state index >= 15 is 0 Å². The first-order chi connectivity index (χ1) is 16.7. The number of carbonyl (C=O) groups is 2. The van der Waals surface area contributed by atoms with Crippen LogP contribution in [0.4, 0.5) is 0 Å². The van der Waals surface area contributed by atoms with Gasteiger partial charge in [0.05, 0.1) is 33.6 Å². The number of rotatable bonds is 13. The lowest BCUT2D eigenvalue weighted by molar-refractivity contribution is -0.119. The van der Waals surface area contributed by atoms with Crippen LogP contribution in [-0.2, 0) is 9.59 Å². The molecule has 0 spiro atoms. The van der Waals surface area contributed by atoms with Crippen LogP contribution in [0.25, 0.3) is 22.1 Å². The summed E-state index contributed by atoms with van der Waals surface area (Å²) in [7, 11) is 0. The van der Waals surface area contributed by atoms with Crippen molar-refractivity contribution in [3.8, 4) is 0 Å². The highest BCUT2D eigenvalue weighted by Crippen LogP contribution is 2.19. The minimum absolute atomic E-state index is 0.0136. The normalized spacial score (nSPS) is 11.2. The van der Waals surface area contributed by atoms with Gasteiger partial charge in [-0.2, -0.15) is 0 Å². The molecular formula is C24H28N6O2S2. The fraction of sp³-hybridized carbons (Fsp3) is 0.333. The molecule has 0 radical (unpaired) electrons. The van der Waals surface area contributed by atoms with E-state index in [1.807, 2.05) is 48.5 Å². The van der Waals surface area contributed by atoms with Gasteiger partial charge in [0, 0.05) is 13.1 Å². The fourth-order valence-corrected chi connectivity index (χ4v) is 4.85. The summed E-state index contributed by atoms with van der Waals surface area (Å²) in [4.78, 5) is 39.4. The standard InChI is InChI=1S/C24H28N6O2S2/c31-21(15-33-23-27-17-9-3-4-10-18(17)28-23)25-13-7-1-2-8-14-26-22(32)16-34-24-29-19-11-5-6-12-20(19)30-24/h3-6,9-12H,1-2,7-8,13-16H2,(H,25,31)(H,26,32)(H,27,28)(H,29,30). The maximum Gasteiger partial charge on any atom is 0.230 e. The molecule has 0 aliphatic carbocycles. The zero-order chi connectivity index (χ0) is 23.6. The maximum atomic E-state index is 12.0. The van der Waals surface area contributed by atoms with Crippen molar-refractivity contribution >= 4 is 57.4 Å². The fourth-order valence-electron chi connectivity index (χ4n) is 3.42. The molecule has 2 aromatic carbocycles. The van der Waals surface area contributed by atoms with E-state index in [0.717, 1.165) is 58.1 Å². The number of thioether (sulfide) groups is 2. The number of para-hydroxylation sites is 4. The monoisotopic (exact) mass is 496 g/mol. The number of nitrogens with zero attached hydrogens (tertiary/aromatic N) is 2. The minimum Gasteiger partial charge on any atom is -0.355 e. The largest absolute Gasteiger partial charge is 0.355 e. The molecule has 34 heavy (non-hydrogen) atoms. The van der Waals surface area contributed by atoms with Crippen LogP contribution in [0.15, 0.2) is 58.8 Å². The molecule has 8 nitrogen and oxygen atoms in total. The third-order valence-electron chi connectivity index (χ3n) is 5.16. The molecule has 0 unspecified atom stereocenters. The molecule has 0 saturated carbocycles. The highest BCUT2D eigenvalue weighted by atomic mass is 32.2. The lowest BCUT2D eigenvalue weighted by Gasteiger charge is -2.06. The molecule has 178 valence electrons. The van der Waals surface area contributed by atoms with Crippen LogP contribution in [0.1, 0.15) is 25.7 Å². The smallest absolute Gasteiger partial charge is 0.230 e. The van der Waals surface area contributed by atoms with Gasteiger partial charge in [0.25, 0.3) is 0 Å². The van der Waals surface area contributed by atoms with E-state index in [1.54, 1.807) is 0 Å². The number of unbranched alkanes of at least 4 members (excludes halogenated alkanes) is 3. The van der Waals surface area contributed by atoms with Gasteiger partial charge in [0.1, 0.15) is 0 Å². The van der Waals surface area contributed by atoms with E-state index in [9.17, 15) is 9.59 Å². The number of amides is 2. The number of carbonyl (C=O) groups excluding carboxylic acids is 2. The van der Waals surface area contributed by atoms with E-state index < -0.39 is 0 Å². The topological polar surface area (TPSA) is 116 Å². The predicted octanol–water partition coefficient (Wildman–Crippen LogP) is 4.12. The summed E-state index contributed by atoms with van der Waals surface area (Å²) in [6.45, 7) is 1.33. The molecule has 0 bridgehead atoms. The van der Waals surface area contributed by atoms with Crippen molar-refractivity contribution in [2.75, 3.05) is 24.6 Å². The SMILES string of the molecule is O=C(CSc1nc2ccccc2[nH]1)NCCCCCCNC(=O)CSc1nc2ccccc2[nH]1. The summed E-state index contributed by atoms with van der Waals surface area (Å²) in [5, 5.41) is 7.43. The molecule has 0 saturated heterocycles. The lowest BCUT2D eigenvalue weighted by Crippen LogP contribution is -2.27. The van der Waals surface area contributed by atoms with Gasteiger partial charge >= 0.3 is 0 Å².